The van der Waals surface area contributed by atoms with Gasteiger partial charge in [-0.2, -0.15) is 0 Å². The summed E-state index contributed by atoms with van der Waals surface area (Å²) in [5.74, 6) is 2.44. The van der Waals surface area contributed by atoms with Gasteiger partial charge in [-0.3, -0.25) is 0 Å². The van der Waals surface area contributed by atoms with Gasteiger partial charge < -0.3 is 14.2 Å². The highest BCUT2D eigenvalue weighted by Crippen LogP contribution is 2.47. The maximum absolute atomic E-state index is 11.2. The van der Waals surface area contributed by atoms with Crippen LogP contribution in [0.15, 0.2) is 25.3 Å². The topological polar surface area (TPSA) is 48.1 Å². The van der Waals surface area contributed by atoms with E-state index in [1.54, 1.807) is 6.08 Å². The van der Waals surface area contributed by atoms with Crippen LogP contribution in [0.5, 0.6) is 0 Å². The zero-order valence-corrected chi connectivity index (χ0v) is 13.1. The van der Waals surface area contributed by atoms with Crippen molar-refractivity contribution in [2.75, 3.05) is 13.2 Å². The van der Waals surface area contributed by atoms with Crippen LogP contribution in [0.3, 0.4) is 0 Å². The van der Waals surface area contributed by atoms with Gasteiger partial charge in [-0.05, 0) is 55.8 Å². The third-order valence-electron chi connectivity index (χ3n) is 5.36. The predicted molar refractivity (Wildman–Crippen MR) is 83.0 cm³/mol. The van der Waals surface area contributed by atoms with Gasteiger partial charge in [0.05, 0.1) is 13.2 Å². The molecule has 0 bridgehead atoms. The summed E-state index contributed by atoms with van der Waals surface area (Å²) in [6.07, 6.45) is 9.24. The smallest absolute Gasteiger partial charge is 0.330 e. The van der Waals surface area contributed by atoms with Gasteiger partial charge in [0.25, 0.3) is 0 Å². The first-order chi connectivity index (χ1) is 10.7. The van der Waals surface area contributed by atoms with Crippen molar-refractivity contribution in [3.8, 4) is 0 Å². The van der Waals surface area contributed by atoms with Crippen LogP contribution in [0.2, 0.25) is 0 Å². The van der Waals surface area contributed by atoms with E-state index >= 15 is 0 Å². The maximum Gasteiger partial charge on any atom is 0.330 e. The SMILES string of the molecule is C=CC(=O)OCC1CC2CCC(COC3OC3C=C)CC2C1. The van der Waals surface area contributed by atoms with E-state index in [9.17, 15) is 4.79 Å². The number of carbonyl (C=O) groups excluding carboxylic acids is 1. The summed E-state index contributed by atoms with van der Waals surface area (Å²) in [6.45, 7) is 8.49. The van der Waals surface area contributed by atoms with Crippen molar-refractivity contribution >= 4 is 5.97 Å². The van der Waals surface area contributed by atoms with E-state index in [4.69, 9.17) is 14.2 Å². The Morgan fingerprint density at radius 1 is 1.09 bits per heavy atom. The molecule has 1 aliphatic heterocycles. The molecule has 1 heterocycles. The van der Waals surface area contributed by atoms with Gasteiger partial charge in [0, 0.05) is 6.08 Å². The van der Waals surface area contributed by atoms with Gasteiger partial charge in [-0.1, -0.05) is 12.7 Å². The number of carbonyl (C=O) groups is 1. The van der Waals surface area contributed by atoms with Crippen molar-refractivity contribution in [1.82, 2.24) is 0 Å². The minimum absolute atomic E-state index is 0.0511. The number of hydrogen-bond acceptors (Lipinski definition) is 4. The number of ether oxygens (including phenoxy) is 3. The average Bonchev–Trinajstić information content (AvgIpc) is 3.19. The number of rotatable bonds is 7. The lowest BCUT2D eigenvalue weighted by Crippen LogP contribution is -2.24. The van der Waals surface area contributed by atoms with Gasteiger partial charge in [-0.25, -0.2) is 4.79 Å². The Labute approximate surface area is 132 Å². The Morgan fingerprint density at radius 2 is 1.86 bits per heavy atom. The minimum Gasteiger partial charge on any atom is -0.462 e. The molecule has 0 aromatic carbocycles. The molecule has 2 saturated carbocycles. The largest absolute Gasteiger partial charge is 0.462 e. The molecule has 0 radical (unpaired) electrons. The number of epoxide rings is 1. The molecule has 6 atom stereocenters. The molecule has 6 unspecified atom stereocenters. The molecular weight excluding hydrogens is 280 g/mol. The van der Waals surface area contributed by atoms with Crippen molar-refractivity contribution < 1.29 is 19.0 Å². The molecule has 3 rings (SSSR count). The van der Waals surface area contributed by atoms with E-state index in [1.165, 1.54) is 38.2 Å². The first-order valence-electron chi connectivity index (χ1n) is 8.38. The van der Waals surface area contributed by atoms with Crippen molar-refractivity contribution in [2.24, 2.45) is 23.7 Å². The van der Waals surface area contributed by atoms with E-state index in [-0.39, 0.29) is 18.4 Å². The Bertz CT molecular complexity index is 433. The Kier molecular flexibility index (Phi) is 4.99. The highest BCUT2D eigenvalue weighted by molar-refractivity contribution is 5.81. The summed E-state index contributed by atoms with van der Waals surface area (Å²) in [7, 11) is 0. The van der Waals surface area contributed by atoms with E-state index in [0.717, 1.165) is 18.4 Å². The standard InChI is InChI=1S/C18H26O4/c1-3-16-18(22-16)21-10-12-5-6-14-8-13(9-15(14)7-12)11-20-17(19)4-2/h3-4,12-16,18H,1-2,5-11H2. The molecule has 122 valence electrons. The van der Waals surface area contributed by atoms with Gasteiger partial charge in [0.15, 0.2) is 6.29 Å². The van der Waals surface area contributed by atoms with Crippen LogP contribution in [0.25, 0.3) is 0 Å². The molecule has 22 heavy (non-hydrogen) atoms. The summed E-state index contributed by atoms with van der Waals surface area (Å²) in [6, 6.07) is 0. The van der Waals surface area contributed by atoms with Crippen molar-refractivity contribution in [3.63, 3.8) is 0 Å². The quantitative estimate of drug-likeness (QED) is 0.314. The van der Waals surface area contributed by atoms with Crippen LogP contribution in [-0.2, 0) is 19.0 Å². The number of fused-ring (bicyclic) bond motifs is 1. The fourth-order valence-electron chi connectivity index (χ4n) is 4.16. The molecule has 3 aliphatic rings. The summed E-state index contributed by atoms with van der Waals surface area (Å²) in [5.41, 5.74) is 0. The van der Waals surface area contributed by atoms with Gasteiger partial charge >= 0.3 is 5.97 Å². The molecule has 0 amide bonds. The molecule has 1 saturated heterocycles. The molecule has 2 aliphatic carbocycles. The van der Waals surface area contributed by atoms with Crippen molar-refractivity contribution in [1.29, 1.82) is 0 Å². The number of esters is 1. The second-order valence-corrected chi connectivity index (χ2v) is 6.91. The lowest BCUT2D eigenvalue weighted by Gasteiger charge is -2.31. The second-order valence-electron chi connectivity index (χ2n) is 6.91. The Balaban J connectivity index is 1.38. The lowest BCUT2D eigenvalue weighted by molar-refractivity contribution is -0.139. The van der Waals surface area contributed by atoms with E-state index in [1.807, 2.05) is 0 Å². The van der Waals surface area contributed by atoms with E-state index in [2.05, 4.69) is 13.2 Å². The predicted octanol–water partition coefficient (Wildman–Crippen LogP) is 3.09. The van der Waals surface area contributed by atoms with Crippen LogP contribution in [-0.4, -0.2) is 31.6 Å². The molecule has 0 aromatic rings. The van der Waals surface area contributed by atoms with E-state index < -0.39 is 0 Å². The van der Waals surface area contributed by atoms with Crippen LogP contribution in [0.4, 0.5) is 0 Å². The minimum atomic E-state index is -0.303. The summed E-state index contributed by atoms with van der Waals surface area (Å²) in [5, 5.41) is 0. The monoisotopic (exact) mass is 306 g/mol. The molecule has 4 heteroatoms. The molecule has 0 aromatic heterocycles. The van der Waals surface area contributed by atoms with Gasteiger partial charge in [-0.15, -0.1) is 6.58 Å². The molecule has 4 nitrogen and oxygen atoms in total. The van der Waals surface area contributed by atoms with Crippen molar-refractivity contribution in [3.05, 3.63) is 25.3 Å². The Hall–Kier alpha value is -1.13. The zero-order valence-electron chi connectivity index (χ0n) is 13.1. The fraction of sp³-hybridized carbons (Fsp3) is 0.722. The summed E-state index contributed by atoms with van der Waals surface area (Å²) < 4.78 is 16.3. The third kappa shape index (κ3) is 3.79. The van der Waals surface area contributed by atoms with Gasteiger partial charge in [0.2, 0.25) is 0 Å². The maximum atomic E-state index is 11.2. The average molecular weight is 306 g/mol. The molecule has 0 N–H and O–H groups in total. The number of hydrogen-bond donors (Lipinski definition) is 0. The molecular formula is C18H26O4. The lowest BCUT2D eigenvalue weighted by atomic mass is 9.76. The highest BCUT2D eigenvalue weighted by atomic mass is 16.8. The zero-order chi connectivity index (χ0) is 15.5. The van der Waals surface area contributed by atoms with Crippen molar-refractivity contribution in [2.45, 2.75) is 44.5 Å². The summed E-state index contributed by atoms with van der Waals surface area (Å²) >= 11 is 0. The van der Waals surface area contributed by atoms with Gasteiger partial charge in [0.1, 0.15) is 6.10 Å². The van der Waals surface area contributed by atoms with Crippen LogP contribution in [0.1, 0.15) is 32.1 Å². The molecule has 0 spiro atoms. The fourth-order valence-corrected chi connectivity index (χ4v) is 4.16. The first kappa shape index (κ1) is 15.8. The normalized spacial score (nSPS) is 39.8. The molecule has 3 fully saturated rings. The van der Waals surface area contributed by atoms with Crippen LogP contribution < -0.4 is 0 Å². The van der Waals surface area contributed by atoms with Crippen LogP contribution in [0, 0.1) is 23.7 Å². The van der Waals surface area contributed by atoms with E-state index in [0.29, 0.717) is 18.4 Å². The second kappa shape index (κ2) is 6.97. The highest BCUT2D eigenvalue weighted by Gasteiger charge is 2.41. The first-order valence-corrected chi connectivity index (χ1v) is 8.38. The summed E-state index contributed by atoms with van der Waals surface area (Å²) in [4.78, 5) is 11.2. The third-order valence-corrected chi connectivity index (χ3v) is 5.36. The van der Waals surface area contributed by atoms with Crippen LogP contribution >= 0.6 is 0 Å². The Morgan fingerprint density at radius 3 is 2.59 bits per heavy atom.